The highest BCUT2D eigenvalue weighted by Crippen LogP contribution is 2.28. The van der Waals surface area contributed by atoms with Crippen molar-refractivity contribution in [3.63, 3.8) is 0 Å². The summed E-state index contributed by atoms with van der Waals surface area (Å²) >= 11 is 0. The van der Waals surface area contributed by atoms with Crippen molar-refractivity contribution >= 4 is 0 Å². The zero-order valence-corrected chi connectivity index (χ0v) is 12.1. The molecule has 3 heteroatoms. The number of rotatable bonds is 5. The molecule has 1 atom stereocenters. The fourth-order valence-electron chi connectivity index (χ4n) is 2.14. The number of nitrogens with two attached hydrogens (primary N) is 1. The van der Waals surface area contributed by atoms with E-state index in [1.165, 1.54) is 5.56 Å². The third-order valence-corrected chi connectivity index (χ3v) is 3.96. The van der Waals surface area contributed by atoms with E-state index in [2.05, 4.69) is 50.4 Å². The Bertz CT molecular complexity index is 448. The summed E-state index contributed by atoms with van der Waals surface area (Å²) in [4.78, 5) is 0. The van der Waals surface area contributed by atoms with E-state index in [4.69, 9.17) is 10.5 Å². The Morgan fingerprint density at radius 3 is 2.53 bits per heavy atom. The van der Waals surface area contributed by atoms with E-state index in [9.17, 15) is 0 Å². The topological polar surface area (TPSA) is 47.3 Å². The molecular weight excluding hydrogens is 236 g/mol. The smallest absolute Gasteiger partial charge is 0.119 e. The first kappa shape index (κ1) is 13.8. The molecule has 0 spiro atoms. The van der Waals surface area contributed by atoms with E-state index in [0.29, 0.717) is 12.6 Å². The van der Waals surface area contributed by atoms with Crippen molar-refractivity contribution in [1.29, 1.82) is 0 Å². The van der Waals surface area contributed by atoms with E-state index < -0.39 is 0 Å². The van der Waals surface area contributed by atoms with Crippen molar-refractivity contribution in [2.24, 2.45) is 5.73 Å². The van der Waals surface area contributed by atoms with Crippen molar-refractivity contribution in [3.8, 4) is 5.75 Å². The first-order valence-corrected chi connectivity index (χ1v) is 6.97. The van der Waals surface area contributed by atoms with Gasteiger partial charge in [-0.15, -0.1) is 0 Å². The second kappa shape index (κ2) is 5.55. The Morgan fingerprint density at radius 2 is 2.00 bits per heavy atom. The Morgan fingerprint density at radius 1 is 1.32 bits per heavy atom. The van der Waals surface area contributed by atoms with Gasteiger partial charge in [-0.2, -0.15) is 0 Å². The first-order valence-electron chi connectivity index (χ1n) is 6.97. The van der Waals surface area contributed by atoms with Gasteiger partial charge >= 0.3 is 0 Å². The van der Waals surface area contributed by atoms with E-state index in [1.807, 2.05) is 6.08 Å². The van der Waals surface area contributed by atoms with Crippen molar-refractivity contribution in [1.82, 2.24) is 5.32 Å². The van der Waals surface area contributed by atoms with Crippen LogP contribution in [0.4, 0.5) is 0 Å². The molecule has 1 aromatic carbocycles. The van der Waals surface area contributed by atoms with Crippen LogP contribution in [0.15, 0.2) is 36.2 Å². The van der Waals surface area contributed by atoms with Crippen LogP contribution in [0.25, 0.3) is 0 Å². The van der Waals surface area contributed by atoms with E-state index in [1.54, 1.807) is 0 Å². The molecule has 0 amide bonds. The van der Waals surface area contributed by atoms with Gasteiger partial charge < -0.3 is 15.8 Å². The van der Waals surface area contributed by atoms with Crippen LogP contribution in [0.2, 0.25) is 0 Å². The second-order valence-corrected chi connectivity index (χ2v) is 5.81. The molecule has 1 aliphatic rings. The number of benzene rings is 1. The summed E-state index contributed by atoms with van der Waals surface area (Å²) in [5, 5.41) is 3.18. The van der Waals surface area contributed by atoms with Crippen molar-refractivity contribution in [2.45, 2.75) is 45.1 Å². The van der Waals surface area contributed by atoms with Crippen molar-refractivity contribution in [3.05, 3.63) is 41.7 Å². The van der Waals surface area contributed by atoms with Crippen LogP contribution in [-0.4, -0.2) is 12.6 Å². The van der Waals surface area contributed by atoms with Gasteiger partial charge in [0, 0.05) is 0 Å². The summed E-state index contributed by atoms with van der Waals surface area (Å²) < 4.78 is 5.79. The van der Waals surface area contributed by atoms with Crippen LogP contribution in [0.5, 0.6) is 5.75 Å². The van der Waals surface area contributed by atoms with Gasteiger partial charge in [-0.25, -0.2) is 0 Å². The summed E-state index contributed by atoms with van der Waals surface area (Å²) in [7, 11) is 0. The molecule has 0 saturated carbocycles. The van der Waals surface area contributed by atoms with E-state index in [-0.39, 0.29) is 5.41 Å². The minimum atomic E-state index is 0.226. The maximum absolute atomic E-state index is 5.79. The number of hydrogen-bond donors (Lipinski definition) is 2. The molecule has 2 rings (SSSR count). The van der Waals surface area contributed by atoms with Crippen LogP contribution >= 0.6 is 0 Å². The summed E-state index contributed by atoms with van der Waals surface area (Å²) in [5.41, 5.74) is 7.25. The van der Waals surface area contributed by atoms with Gasteiger partial charge in [0.25, 0.3) is 0 Å². The standard InChI is InChI=1S/C16H24N2O/c1-4-16(2,3)12-5-8-14(9-6-12)19-11-13-7-10-15(17)18-13/h5-6,8-10,13,18H,4,7,11,17H2,1-3H3. The molecule has 1 unspecified atom stereocenters. The molecule has 3 N–H and O–H groups in total. The molecule has 0 radical (unpaired) electrons. The largest absolute Gasteiger partial charge is 0.491 e. The lowest BCUT2D eigenvalue weighted by atomic mass is 9.82. The maximum Gasteiger partial charge on any atom is 0.119 e. The first-order chi connectivity index (χ1) is 9.01. The van der Waals surface area contributed by atoms with E-state index >= 15 is 0 Å². The predicted octanol–water partition coefficient (Wildman–Crippen LogP) is 2.92. The Balaban J connectivity index is 1.89. The van der Waals surface area contributed by atoms with Crippen molar-refractivity contribution < 1.29 is 4.74 Å². The lowest BCUT2D eigenvalue weighted by Crippen LogP contribution is -2.31. The molecule has 0 bridgehead atoms. The van der Waals surface area contributed by atoms with Crippen LogP contribution in [-0.2, 0) is 5.41 Å². The minimum Gasteiger partial charge on any atom is -0.491 e. The summed E-state index contributed by atoms with van der Waals surface area (Å²) in [6.45, 7) is 7.39. The molecule has 19 heavy (non-hydrogen) atoms. The SMILES string of the molecule is CCC(C)(C)c1ccc(OCC2CC=C(N)N2)cc1. The highest BCUT2D eigenvalue weighted by Gasteiger charge is 2.18. The quantitative estimate of drug-likeness (QED) is 0.855. The van der Waals surface area contributed by atoms with Gasteiger partial charge in [0.2, 0.25) is 0 Å². The number of nitrogens with one attached hydrogen (secondary N) is 1. The average molecular weight is 260 g/mol. The van der Waals surface area contributed by atoms with Crippen LogP contribution < -0.4 is 15.8 Å². The molecule has 3 nitrogen and oxygen atoms in total. The Hall–Kier alpha value is -1.64. The molecule has 1 aliphatic heterocycles. The van der Waals surface area contributed by atoms with Gasteiger partial charge in [0.1, 0.15) is 12.4 Å². The van der Waals surface area contributed by atoms with Crippen LogP contribution in [0.3, 0.4) is 0 Å². The maximum atomic E-state index is 5.79. The monoisotopic (exact) mass is 260 g/mol. The molecule has 0 fully saturated rings. The molecule has 1 heterocycles. The highest BCUT2D eigenvalue weighted by molar-refractivity contribution is 5.31. The second-order valence-electron chi connectivity index (χ2n) is 5.81. The fourth-order valence-corrected chi connectivity index (χ4v) is 2.14. The van der Waals surface area contributed by atoms with Crippen molar-refractivity contribution in [2.75, 3.05) is 6.61 Å². The molecular formula is C16H24N2O. The average Bonchev–Trinajstić information content (AvgIpc) is 2.83. The highest BCUT2D eigenvalue weighted by atomic mass is 16.5. The molecule has 0 aliphatic carbocycles. The third kappa shape index (κ3) is 3.43. The van der Waals surface area contributed by atoms with E-state index in [0.717, 1.165) is 24.4 Å². The van der Waals surface area contributed by atoms with Gasteiger partial charge in [-0.3, -0.25) is 0 Å². The fraction of sp³-hybridized carbons (Fsp3) is 0.500. The number of ether oxygens (including phenoxy) is 1. The summed E-state index contributed by atoms with van der Waals surface area (Å²) in [5.74, 6) is 1.68. The lowest BCUT2D eigenvalue weighted by molar-refractivity contribution is 0.278. The van der Waals surface area contributed by atoms with Crippen LogP contribution in [0.1, 0.15) is 39.2 Å². The normalized spacial score (nSPS) is 18.9. The molecule has 104 valence electrons. The predicted molar refractivity (Wildman–Crippen MR) is 79.1 cm³/mol. The molecule has 0 aromatic heterocycles. The Labute approximate surface area is 115 Å². The zero-order valence-electron chi connectivity index (χ0n) is 12.1. The zero-order chi connectivity index (χ0) is 13.9. The van der Waals surface area contributed by atoms with Crippen LogP contribution in [0, 0.1) is 0 Å². The lowest BCUT2D eigenvalue weighted by Gasteiger charge is -2.23. The molecule has 0 saturated heterocycles. The van der Waals surface area contributed by atoms with Gasteiger partial charge in [0.05, 0.1) is 11.9 Å². The summed E-state index contributed by atoms with van der Waals surface area (Å²) in [6.07, 6.45) is 4.07. The number of hydrogen-bond acceptors (Lipinski definition) is 3. The van der Waals surface area contributed by atoms with Gasteiger partial charge in [-0.05, 0) is 42.0 Å². The van der Waals surface area contributed by atoms with Gasteiger partial charge in [0.15, 0.2) is 0 Å². The molecule has 1 aromatic rings. The Kier molecular flexibility index (Phi) is 4.03. The van der Waals surface area contributed by atoms with Gasteiger partial charge in [-0.1, -0.05) is 32.9 Å². The minimum absolute atomic E-state index is 0.226. The summed E-state index contributed by atoms with van der Waals surface area (Å²) in [6, 6.07) is 8.73. The third-order valence-electron chi connectivity index (χ3n) is 3.96.